The Morgan fingerprint density at radius 3 is 2.22 bits per heavy atom. The number of halogens is 1. The molecule has 1 aromatic carbocycles. The number of hydrogen-bond acceptors (Lipinski definition) is 3. The summed E-state index contributed by atoms with van der Waals surface area (Å²) in [5, 5.41) is 6.04. The summed E-state index contributed by atoms with van der Waals surface area (Å²) in [5.74, 6) is -0.0143. The van der Waals surface area contributed by atoms with Gasteiger partial charge in [-0.3, -0.25) is 9.59 Å². The molecule has 1 aromatic rings. The molecule has 2 fully saturated rings. The fraction of sp³-hybridized carbons (Fsp3) is 0.619. The minimum absolute atomic E-state index is 0. The minimum atomic E-state index is -0.0383. The predicted molar refractivity (Wildman–Crippen MR) is 111 cm³/mol. The summed E-state index contributed by atoms with van der Waals surface area (Å²) in [6.45, 7) is 0.570. The summed E-state index contributed by atoms with van der Waals surface area (Å²) >= 11 is 0. The number of nitrogens with one attached hydrogen (secondary N) is 2. The molecule has 2 saturated carbocycles. The van der Waals surface area contributed by atoms with Crippen molar-refractivity contribution in [2.75, 3.05) is 11.9 Å². The van der Waals surface area contributed by atoms with Crippen LogP contribution in [0.5, 0.6) is 0 Å². The minimum Gasteiger partial charge on any atom is -0.349 e. The van der Waals surface area contributed by atoms with E-state index in [9.17, 15) is 9.59 Å². The lowest BCUT2D eigenvalue weighted by molar-refractivity contribution is -0.118. The molecule has 4 N–H and O–H groups in total. The second-order valence-corrected chi connectivity index (χ2v) is 8.02. The summed E-state index contributed by atoms with van der Waals surface area (Å²) < 4.78 is 0. The van der Waals surface area contributed by atoms with E-state index < -0.39 is 0 Å². The van der Waals surface area contributed by atoms with Crippen molar-refractivity contribution in [1.82, 2.24) is 5.32 Å². The second kappa shape index (κ2) is 10.1. The molecule has 0 radical (unpaired) electrons. The predicted octanol–water partition coefficient (Wildman–Crippen LogP) is 4.02. The van der Waals surface area contributed by atoms with Crippen molar-refractivity contribution in [3.63, 3.8) is 0 Å². The normalized spacial score (nSPS) is 19.1. The van der Waals surface area contributed by atoms with Crippen LogP contribution in [0.2, 0.25) is 0 Å². The molecule has 6 heteroatoms. The molecule has 150 valence electrons. The molecule has 0 aliphatic heterocycles. The molecule has 2 aliphatic carbocycles. The number of benzene rings is 1. The molecule has 0 unspecified atom stereocenters. The van der Waals surface area contributed by atoms with Gasteiger partial charge in [0, 0.05) is 23.7 Å². The van der Waals surface area contributed by atoms with Crippen LogP contribution in [0.4, 0.5) is 5.69 Å². The van der Waals surface area contributed by atoms with Crippen molar-refractivity contribution >= 4 is 29.9 Å². The number of nitrogens with two attached hydrogens (primary N) is 1. The van der Waals surface area contributed by atoms with Crippen LogP contribution >= 0.6 is 12.4 Å². The van der Waals surface area contributed by atoms with Gasteiger partial charge in [-0.1, -0.05) is 32.1 Å². The third-order valence-corrected chi connectivity index (χ3v) is 6.00. The molecule has 0 spiro atoms. The Hall–Kier alpha value is -1.59. The van der Waals surface area contributed by atoms with Gasteiger partial charge in [0.15, 0.2) is 0 Å². The standard InChI is InChI=1S/C21H31N3O2.ClH/c22-15-21(12-4-1-5-13-21)14-19(25)23-18-10-8-16(9-11-18)20(26)24-17-6-2-3-7-17;/h8-11,17H,1-7,12-15,22H2,(H,23,25)(H,24,26);1H. The number of amides is 2. The highest BCUT2D eigenvalue weighted by molar-refractivity contribution is 5.96. The Kier molecular flexibility index (Phi) is 8.11. The zero-order valence-corrected chi connectivity index (χ0v) is 16.8. The van der Waals surface area contributed by atoms with E-state index in [4.69, 9.17) is 5.73 Å². The first-order valence-corrected chi connectivity index (χ1v) is 10.0. The fourth-order valence-electron chi connectivity index (χ4n) is 4.34. The van der Waals surface area contributed by atoms with Gasteiger partial charge in [-0.15, -0.1) is 12.4 Å². The lowest BCUT2D eigenvalue weighted by atomic mass is 9.71. The molecule has 5 nitrogen and oxygen atoms in total. The number of anilines is 1. The van der Waals surface area contributed by atoms with Gasteiger partial charge in [0.1, 0.15) is 0 Å². The first-order chi connectivity index (χ1) is 12.6. The van der Waals surface area contributed by atoms with Crippen LogP contribution in [0, 0.1) is 5.41 Å². The summed E-state index contributed by atoms with van der Waals surface area (Å²) in [7, 11) is 0. The van der Waals surface area contributed by atoms with Gasteiger partial charge >= 0.3 is 0 Å². The van der Waals surface area contributed by atoms with E-state index in [2.05, 4.69) is 10.6 Å². The number of hydrogen-bond donors (Lipinski definition) is 3. The molecular weight excluding hydrogens is 362 g/mol. The molecule has 2 aliphatic rings. The zero-order valence-electron chi connectivity index (χ0n) is 16.0. The maximum atomic E-state index is 12.4. The summed E-state index contributed by atoms with van der Waals surface area (Å²) in [6, 6.07) is 7.47. The highest BCUT2D eigenvalue weighted by Gasteiger charge is 2.32. The van der Waals surface area contributed by atoms with Crippen molar-refractivity contribution in [1.29, 1.82) is 0 Å². The van der Waals surface area contributed by atoms with Gasteiger partial charge in [0.05, 0.1) is 0 Å². The molecule has 0 saturated heterocycles. The molecule has 0 aromatic heterocycles. The topological polar surface area (TPSA) is 84.2 Å². The van der Waals surface area contributed by atoms with Crippen LogP contribution in [0.3, 0.4) is 0 Å². The Morgan fingerprint density at radius 1 is 1.00 bits per heavy atom. The average Bonchev–Trinajstić information content (AvgIpc) is 3.16. The molecular formula is C21H32ClN3O2. The average molecular weight is 394 g/mol. The van der Waals surface area contributed by atoms with Gasteiger partial charge in [-0.05, 0) is 61.9 Å². The van der Waals surface area contributed by atoms with Crippen LogP contribution in [-0.2, 0) is 4.79 Å². The van der Waals surface area contributed by atoms with Gasteiger partial charge in [-0.25, -0.2) is 0 Å². The van der Waals surface area contributed by atoms with Crippen molar-refractivity contribution in [2.45, 2.75) is 70.3 Å². The van der Waals surface area contributed by atoms with Gasteiger partial charge in [0.25, 0.3) is 5.91 Å². The number of carbonyl (C=O) groups is 2. The first-order valence-electron chi connectivity index (χ1n) is 10.0. The quantitative estimate of drug-likeness (QED) is 0.682. The lowest BCUT2D eigenvalue weighted by Crippen LogP contribution is -2.36. The van der Waals surface area contributed by atoms with Gasteiger partial charge < -0.3 is 16.4 Å². The van der Waals surface area contributed by atoms with Crippen molar-refractivity contribution in [3.8, 4) is 0 Å². The van der Waals surface area contributed by atoms with E-state index >= 15 is 0 Å². The van der Waals surface area contributed by atoms with E-state index in [1.807, 2.05) is 0 Å². The number of carbonyl (C=O) groups excluding carboxylic acids is 2. The smallest absolute Gasteiger partial charge is 0.251 e. The Bertz CT molecular complexity index is 621. The molecule has 0 bridgehead atoms. The molecule has 0 heterocycles. The zero-order chi connectivity index (χ0) is 18.4. The fourth-order valence-corrected chi connectivity index (χ4v) is 4.34. The highest BCUT2D eigenvalue weighted by atomic mass is 35.5. The summed E-state index contributed by atoms with van der Waals surface area (Å²) in [6.07, 6.45) is 10.7. The van der Waals surface area contributed by atoms with E-state index in [0.717, 1.165) is 44.2 Å². The van der Waals surface area contributed by atoms with Gasteiger partial charge in [-0.2, -0.15) is 0 Å². The molecule has 27 heavy (non-hydrogen) atoms. The van der Waals surface area contributed by atoms with Crippen molar-refractivity contribution < 1.29 is 9.59 Å². The van der Waals surface area contributed by atoms with Crippen LogP contribution in [0.25, 0.3) is 0 Å². The van der Waals surface area contributed by atoms with E-state index in [0.29, 0.717) is 24.6 Å². The van der Waals surface area contributed by atoms with Crippen LogP contribution in [0.1, 0.15) is 74.6 Å². The second-order valence-electron chi connectivity index (χ2n) is 8.02. The monoisotopic (exact) mass is 393 g/mol. The summed E-state index contributed by atoms with van der Waals surface area (Å²) in [4.78, 5) is 24.7. The molecule has 2 amide bonds. The van der Waals surface area contributed by atoms with Crippen molar-refractivity contribution in [2.24, 2.45) is 11.1 Å². The summed E-state index contributed by atoms with van der Waals surface area (Å²) in [5.41, 5.74) is 7.31. The largest absolute Gasteiger partial charge is 0.349 e. The first kappa shape index (κ1) is 21.7. The van der Waals surface area contributed by atoms with E-state index in [1.165, 1.54) is 19.3 Å². The van der Waals surface area contributed by atoms with Crippen LogP contribution < -0.4 is 16.4 Å². The van der Waals surface area contributed by atoms with Crippen molar-refractivity contribution in [3.05, 3.63) is 29.8 Å². The Labute approximate surface area is 168 Å². The maximum absolute atomic E-state index is 12.4. The molecule has 3 rings (SSSR count). The van der Waals surface area contributed by atoms with E-state index in [-0.39, 0.29) is 29.6 Å². The Morgan fingerprint density at radius 2 is 1.63 bits per heavy atom. The maximum Gasteiger partial charge on any atom is 0.251 e. The number of rotatable bonds is 6. The third-order valence-electron chi connectivity index (χ3n) is 6.00. The van der Waals surface area contributed by atoms with Crippen LogP contribution in [0.15, 0.2) is 24.3 Å². The SMILES string of the molecule is Cl.NCC1(CC(=O)Nc2ccc(C(=O)NC3CCCC3)cc2)CCCCC1. The lowest BCUT2D eigenvalue weighted by Gasteiger charge is -2.35. The highest BCUT2D eigenvalue weighted by Crippen LogP contribution is 2.38. The third kappa shape index (κ3) is 5.94. The Balaban J connectivity index is 0.00000261. The van der Waals surface area contributed by atoms with Gasteiger partial charge in [0.2, 0.25) is 5.91 Å². The van der Waals surface area contributed by atoms with Crippen LogP contribution in [-0.4, -0.2) is 24.4 Å². The molecule has 0 atom stereocenters. The van der Waals surface area contributed by atoms with E-state index in [1.54, 1.807) is 24.3 Å².